The summed E-state index contributed by atoms with van der Waals surface area (Å²) in [7, 11) is -4.04. The average Bonchev–Trinajstić information content (AvgIpc) is 2.25. The molecule has 1 aromatic rings. The first kappa shape index (κ1) is 18.5. The van der Waals surface area contributed by atoms with Crippen molar-refractivity contribution in [2.24, 2.45) is 17.8 Å². The summed E-state index contributed by atoms with van der Waals surface area (Å²) in [5.41, 5.74) is 0. The van der Waals surface area contributed by atoms with E-state index in [-0.39, 0.29) is 28.8 Å². The van der Waals surface area contributed by atoms with E-state index in [0.717, 1.165) is 6.07 Å². The summed E-state index contributed by atoms with van der Waals surface area (Å²) in [6.45, 7) is 8.24. The highest BCUT2D eigenvalue weighted by Gasteiger charge is 2.26. The van der Waals surface area contributed by atoms with E-state index in [9.17, 15) is 17.2 Å². The third kappa shape index (κ3) is 4.72. The Morgan fingerprint density at radius 2 is 1.67 bits per heavy atom. The molecular weight excluding hydrogens is 364 g/mol. The van der Waals surface area contributed by atoms with E-state index in [0.29, 0.717) is 6.07 Å². The van der Waals surface area contributed by atoms with Crippen molar-refractivity contribution in [1.29, 1.82) is 0 Å². The van der Waals surface area contributed by atoms with E-state index in [1.807, 2.05) is 27.7 Å². The Kier molecular flexibility index (Phi) is 6.31. The lowest BCUT2D eigenvalue weighted by molar-refractivity contribution is 0.289. The van der Waals surface area contributed by atoms with Gasteiger partial charge in [-0.15, -0.1) is 0 Å². The van der Waals surface area contributed by atoms with Gasteiger partial charge in [0.05, 0.1) is 0 Å². The zero-order chi connectivity index (χ0) is 16.4. The van der Waals surface area contributed by atoms with E-state index in [4.69, 9.17) is 0 Å². The van der Waals surface area contributed by atoms with Crippen molar-refractivity contribution in [3.05, 3.63) is 28.2 Å². The Bertz CT molecular complexity index is 572. The van der Waals surface area contributed by atoms with Crippen LogP contribution in [0.5, 0.6) is 0 Å². The van der Waals surface area contributed by atoms with Crippen LogP contribution in [0.3, 0.4) is 0 Å². The zero-order valence-corrected chi connectivity index (χ0v) is 14.9. The van der Waals surface area contributed by atoms with Crippen LogP contribution in [0.15, 0.2) is 21.5 Å². The van der Waals surface area contributed by atoms with Crippen molar-refractivity contribution in [3.8, 4) is 0 Å². The van der Waals surface area contributed by atoms with Gasteiger partial charge in [0.1, 0.15) is 16.5 Å². The highest BCUT2D eigenvalue weighted by Crippen LogP contribution is 2.27. The van der Waals surface area contributed by atoms with Gasteiger partial charge in [-0.1, -0.05) is 27.7 Å². The molecule has 0 aromatic heterocycles. The zero-order valence-electron chi connectivity index (χ0n) is 12.5. The van der Waals surface area contributed by atoms with Crippen LogP contribution in [0.4, 0.5) is 8.78 Å². The van der Waals surface area contributed by atoms with Gasteiger partial charge in [0.25, 0.3) is 0 Å². The SMILES string of the molecule is CC(C)C(CNS(=O)(=O)c1c(F)cc(F)cc1Br)C(C)C. The van der Waals surface area contributed by atoms with Crippen molar-refractivity contribution in [3.63, 3.8) is 0 Å². The molecule has 21 heavy (non-hydrogen) atoms. The predicted octanol–water partition coefficient (Wildman–Crippen LogP) is 3.93. The van der Waals surface area contributed by atoms with Crippen LogP contribution in [-0.2, 0) is 10.0 Å². The maximum Gasteiger partial charge on any atom is 0.244 e. The number of nitrogens with one attached hydrogen (secondary N) is 1. The number of rotatable bonds is 6. The van der Waals surface area contributed by atoms with E-state index in [1.54, 1.807) is 0 Å². The molecule has 0 heterocycles. The standard InChI is InChI=1S/C14H20BrF2NO2S/c1-8(2)11(9(3)4)7-18-21(19,20)14-12(15)5-10(16)6-13(14)17/h5-6,8-9,11,18H,7H2,1-4H3. The molecule has 0 aliphatic heterocycles. The van der Waals surface area contributed by atoms with E-state index < -0.39 is 26.6 Å². The van der Waals surface area contributed by atoms with Crippen LogP contribution >= 0.6 is 15.9 Å². The summed E-state index contributed by atoms with van der Waals surface area (Å²) in [6.07, 6.45) is 0. The molecule has 0 amide bonds. The predicted molar refractivity (Wildman–Crippen MR) is 82.4 cm³/mol. The fourth-order valence-corrected chi connectivity index (χ4v) is 4.54. The molecule has 120 valence electrons. The molecule has 0 unspecified atom stereocenters. The van der Waals surface area contributed by atoms with Crippen molar-refractivity contribution >= 4 is 26.0 Å². The molecule has 0 spiro atoms. The van der Waals surface area contributed by atoms with Crippen molar-refractivity contribution < 1.29 is 17.2 Å². The smallest absolute Gasteiger partial charge is 0.211 e. The van der Waals surface area contributed by atoms with Crippen LogP contribution in [0.25, 0.3) is 0 Å². The molecule has 1 N–H and O–H groups in total. The molecule has 0 bridgehead atoms. The van der Waals surface area contributed by atoms with Gasteiger partial charge >= 0.3 is 0 Å². The summed E-state index contributed by atoms with van der Waals surface area (Å²) in [6, 6.07) is 1.49. The lowest BCUT2D eigenvalue weighted by atomic mass is 9.86. The molecular formula is C14H20BrF2NO2S. The van der Waals surface area contributed by atoms with Gasteiger partial charge in [-0.05, 0) is 39.8 Å². The molecule has 0 atom stereocenters. The highest BCUT2D eigenvalue weighted by atomic mass is 79.9. The molecule has 1 aromatic carbocycles. The van der Waals surface area contributed by atoms with Gasteiger partial charge < -0.3 is 0 Å². The van der Waals surface area contributed by atoms with Crippen LogP contribution < -0.4 is 4.72 Å². The molecule has 7 heteroatoms. The quantitative estimate of drug-likeness (QED) is 0.808. The molecule has 0 aliphatic carbocycles. The summed E-state index contributed by atoms with van der Waals surface area (Å²) in [5.74, 6) is -1.24. The molecule has 0 saturated carbocycles. The molecule has 0 saturated heterocycles. The maximum atomic E-state index is 13.8. The molecule has 3 nitrogen and oxygen atoms in total. The third-order valence-corrected chi connectivity index (χ3v) is 5.84. The summed E-state index contributed by atoms with van der Waals surface area (Å²) >= 11 is 2.90. The highest BCUT2D eigenvalue weighted by molar-refractivity contribution is 9.10. The number of halogens is 3. The second-order valence-corrected chi connectivity index (χ2v) is 8.26. The van der Waals surface area contributed by atoms with Crippen molar-refractivity contribution in [2.75, 3.05) is 6.54 Å². The Hall–Kier alpha value is -0.530. The monoisotopic (exact) mass is 383 g/mol. The topological polar surface area (TPSA) is 46.2 Å². The van der Waals surface area contributed by atoms with Gasteiger partial charge in [0.15, 0.2) is 0 Å². The fourth-order valence-electron chi connectivity index (χ4n) is 2.30. The summed E-state index contributed by atoms with van der Waals surface area (Å²) < 4.78 is 53.6. The largest absolute Gasteiger partial charge is 0.244 e. The van der Waals surface area contributed by atoms with E-state index >= 15 is 0 Å². The third-order valence-electron chi connectivity index (χ3n) is 3.45. The molecule has 0 aliphatic rings. The van der Waals surface area contributed by atoms with Crippen molar-refractivity contribution in [1.82, 2.24) is 4.72 Å². The summed E-state index contributed by atoms with van der Waals surface area (Å²) in [5, 5.41) is 0. The minimum absolute atomic E-state index is 0.127. The Balaban J connectivity index is 3.03. The van der Waals surface area contributed by atoms with Gasteiger partial charge in [0, 0.05) is 17.1 Å². The number of benzene rings is 1. The second-order valence-electron chi connectivity index (χ2n) is 5.70. The van der Waals surface area contributed by atoms with Crippen LogP contribution in [0.1, 0.15) is 27.7 Å². The van der Waals surface area contributed by atoms with Crippen LogP contribution in [-0.4, -0.2) is 15.0 Å². The van der Waals surface area contributed by atoms with Crippen molar-refractivity contribution in [2.45, 2.75) is 32.6 Å². The normalized spacial score (nSPS) is 12.7. The van der Waals surface area contributed by atoms with Crippen LogP contribution in [0.2, 0.25) is 0 Å². The average molecular weight is 384 g/mol. The number of hydrogen-bond donors (Lipinski definition) is 1. The first-order chi connectivity index (χ1) is 9.56. The van der Waals surface area contributed by atoms with Gasteiger partial charge in [-0.3, -0.25) is 0 Å². The van der Waals surface area contributed by atoms with Gasteiger partial charge in [-0.2, -0.15) is 0 Å². The fraction of sp³-hybridized carbons (Fsp3) is 0.571. The minimum atomic E-state index is -4.04. The number of hydrogen-bond acceptors (Lipinski definition) is 2. The second kappa shape index (κ2) is 7.15. The Morgan fingerprint density at radius 1 is 1.14 bits per heavy atom. The maximum absolute atomic E-state index is 13.8. The van der Waals surface area contributed by atoms with Crippen LogP contribution in [0, 0.1) is 29.4 Å². The number of sulfonamides is 1. The Labute approximate surface area is 133 Å². The lowest BCUT2D eigenvalue weighted by Gasteiger charge is -2.25. The first-order valence-electron chi connectivity index (χ1n) is 6.70. The summed E-state index contributed by atoms with van der Waals surface area (Å²) in [4.78, 5) is -0.560. The first-order valence-corrected chi connectivity index (χ1v) is 8.98. The van der Waals surface area contributed by atoms with Gasteiger partial charge in [-0.25, -0.2) is 21.9 Å². The Morgan fingerprint density at radius 3 is 2.10 bits per heavy atom. The molecule has 1 rings (SSSR count). The molecule has 0 radical (unpaired) electrons. The van der Waals surface area contributed by atoms with E-state index in [1.165, 1.54) is 0 Å². The molecule has 0 fully saturated rings. The minimum Gasteiger partial charge on any atom is -0.211 e. The lowest BCUT2D eigenvalue weighted by Crippen LogP contribution is -2.34. The van der Waals surface area contributed by atoms with Gasteiger partial charge in [0.2, 0.25) is 10.0 Å². The van der Waals surface area contributed by atoms with E-state index in [2.05, 4.69) is 20.7 Å².